The van der Waals surface area contributed by atoms with Gasteiger partial charge in [0.15, 0.2) is 0 Å². The van der Waals surface area contributed by atoms with E-state index in [4.69, 9.17) is 4.98 Å². The van der Waals surface area contributed by atoms with E-state index in [1.807, 2.05) is 32.0 Å². The lowest BCUT2D eigenvalue weighted by Crippen LogP contribution is -2.44. The van der Waals surface area contributed by atoms with Crippen LogP contribution in [0.15, 0.2) is 66.1 Å². The molecule has 0 bridgehead atoms. The first-order valence-corrected chi connectivity index (χ1v) is 13.4. The average Bonchev–Trinajstić information content (AvgIpc) is 2.94. The first-order chi connectivity index (χ1) is 19.2. The van der Waals surface area contributed by atoms with Crippen LogP contribution in [0.25, 0.3) is 22.2 Å². The summed E-state index contributed by atoms with van der Waals surface area (Å²) in [6.45, 7) is 13.5. The van der Waals surface area contributed by atoms with Crippen LogP contribution in [0.1, 0.15) is 25.5 Å². The van der Waals surface area contributed by atoms with Crippen LogP contribution in [0, 0.1) is 6.92 Å². The Morgan fingerprint density at radius 3 is 2.55 bits per heavy atom. The monoisotopic (exact) mass is 538 g/mol. The second kappa shape index (κ2) is 11.3. The van der Waals surface area contributed by atoms with Crippen LogP contribution in [0.5, 0.6) is 0 Å². The number of piperazine rings is 1. The Balaban J connectivity index is 1.52. The Morgan fingerprint density at radius 2 is 1.85 bits per heavy atom. The van der Waals surface area contributed by atoms with Crippen molar-refractivity contribution in [2.45, 2.75) is 26.8 Å². The summed E-state index contributed by atoms with van der Waals surface area (Å²) in [6.07, 6.45) is 2.76. The van der Waals surface area contributed by atoms with Crippen molar-refractivity contribution < 1.29 is 4.79 Å². The third-order valence-corrected chi connectivity index (χ3v) is 7.03. The minimum Gasteiger partial charge on any atom is -0.369 e. The number of rotatable bonds is 7. The molecule has 1 aliphatic heterocycles. The third-order valence-electron chi connectivity index (χ3n) is 7.03. The van der Waals surface area contributed by atoms with Gasteiger partial charge in [0.1, 0.15) is 11.2 Å². The minimum absolute atomic E-state index is 0.168. The molecule has 1 saturated heterocycles. The number of fused-ring (bicyclic) bond motifs is 1. The molecular formula is C30H34N8O2. The number of hydrogen-bond donors (Lipinski definition) is 2. The van der Waals surface area contributed by atoms with Crippen molar-refractivity contribution in [2.75, 3.05) is 48.8 Å². The van der Waals surface area contributed by atoms with Gasteiger partial charge in [0.05, 0.1) is 11.4 Å². The van der Waals surface area contributed by atoms with Crippen molar-refractivity contribution >= 4 is 39.8 Å². The van der Waals surface area contributed by atoms with Gasteiger partial charge in [-0.15, -0.1) is 0 Å². The quantitative estimate of drug-likeness (QED) is 0.334. The highest BCUT2D eigenvalue weighted by Crippen LogP contribution is 2.29. The molecule has 206 valence electrons. The molecule has 4 aromatic rings. The third kappa shape index (κ3) is 5.57. The van der Waals surface area contributed by atoms with E-state index in [1.165, 1.54) is 16.4 Å². The molecule has 0 atom stereocenters. The van der Waals surface area contributed by atoms with Crippen molar-refractivity contribution in [2.24, 2.45) is 0 Å². The molecule has 0 spiro atoms. The van der Waals surface area contributed by atoms with E-state index in [0.717, 1.165) is 37.4 Å². The topological polar surface area (TPSA) is 108 Å². The summed E-state index contributed by atoms with van der Waals surface area (Å²) >= 11 is 0. The molecule has 2 N–H and O–H groups in total. The summed E-state index contributed by atoms with van der Waals surface area (Å²) in [7, 11) is 2.15. The summed E-state index contributed by atoms with van der Waals surface area (Å²) in [5, 5.41) is 11.1. The number of hydrogen-bond acceptors (Lipinski definition) is 8. The molecule has 40 heavy (non-hydrogen) atoms. The van der Waals surface area contributed by atoms with E-state index in [0.29, 0.717) is 33.8 Å². The predicted molar refractivity (Wildman–Crippen MR) is 160 cm³/mol. The lowest BCUT2D eigenvalue weighted by Gasteiger charge is -2.35. The van der Waals surface area contributed by atoms with Crippen LogP contribution in [0.3, 0.4) is 0 Å². The largest absolute Gasteiger partial charge is 0.369 e. The van der Waals surface area contributed by atoms with Gasteiger partial charge < -0.3 is 20.4 Å². The maximum atomic E-state index is 13.3. The second-order valence-corrected chi connectivity index (χ2v) is 10.3. The van der Waals surface area contributed by atoms with Crippen LogP contribution < -0.4 is 21.1 Å². The molecule has 0 unspecified atom stereocenters. The molecule has 2 aromatic carbocycles. The molecule has 1 aliphatic rings. The van der Waals surface area contributed by atoms with E-state index in [-0.39, 0.29) is 17.5 Å². The number of aryl methyl sites for hydroxylation is 1. The lowest BCUT2D eigenvalue weighted by molar-refractivity contribution is -0.111. The Kier molecular flexibility index (Phi) is 7.61. The number of carbonyl (C=O) groups excluding carboxylic acids is 1. The molecule has 10 heteroatoms. The van der Waals surface area contributed by atoms with Crippen molar-refractivity contribution in [3.05, 3.63) is 77.2 Å². The number of likely N-dealkylation sites (N-methyl/N-ethyl adjacent to an activating group) is 1. The second-order valence-electron chi connectivity index (χ2n) is 10.3. The summed E-state index contributed by atoms with van der Waals surface area (Å²) in [4.78, 5) is 39.1. The van der Waals surface area contributed by atoms with Crippen LogP contribution in [-0.2, 0) is 4.79 Å². The van der Waals surface area contributed by atoms with Crippen LogP contribution in [0.4, 0.5) is 23.0 Å². The maximum Gasteiger partial charge on any atom is 0.278 e. The number of anilines is 4. The van der Waals surface area contributed by atoms with Gasteiger partial charge in [-0.05, 0) is 69.8 Å². The van der Waals surface area contributed by atoms with E-state index < -0.39 is 0 Å². The summed E-state index contributed by atoms with van der Waals surface area (Å²) in [5.41, 5.74) is 5.22. The maximum absolute atomic E-state index is 13.3. The van der Waals surface area contributed by atoms with Gasteiger partial charge in [-0.25, -0.2) is 14.6 Å². The molecule has 1 fully saturated rings. The SMILES string of the molecule is C=CC(=O)Nc1cccc(-c2nn(C(C)C)c(=O)c3cnc(Nc4ccc(N5CCN(C)CC5)c(C)c4)nc23)c1. The van der Waals surface area contributed by atoms with Gasteiger partial charge in [-0.3, -0.25) is 9.59 Å². The standard InChI is InChI=1S/C30H34N8O2/c1-6-26(39)32-22-9-7-8-21(17-22)27-28-24(29(40)38(35-27)19(2)3)18-31-30(34-28)33-23-10-11-25(20(4)16-23)37-14-12-36(5)13-15-37/h6-11,16-19H,1,12-15H2,2-5H3,(H,32,39)(H,31,33,34). The molecule has 0 saturated carbocycles. The van der Waals surface area contributed by atoms with Crippen LogP contribution >= 0.6 is 0 Å². The smallest absolute Gasteiger partial charge is 0.278 e. The summed E-state index contributed by atoms with van der Waals surface area (Å²) in [6, 6.07) is 13.3. The zero-order chi connectivity index (χ0) is 28.4. The van der Waals surface area contributed by atoms with Gasteiger partial charge >= 0.3 is 0 Å². The van der Waals surface area contributed by atoms with E-state index in [9.17, 15) is 9.59 Å². The number of nitrogens with zero attached hydrogens (tertiary/aromatic N) is 6. The lowest BCUT2D eigenvalue weighted by atomic mass is 10.1. The first-order valence-electron chi connectivity index (χ1n) is 13.4. The molecule has 1 amide bonds. The van der Waals surface area contributed by atoms with Crippen molar-refractivity contribution in [1.29, 1.82) is 0 Å². The highest BCUT2D eigenvalue weighted by molar-refractivity contribution is 5.99. The predicted octanol–water partition coefficient (Wildman–Crippen LogP) is 4.36. The molecule has 3 heterocycles. The highest BCUT2D eigenvalue weighted by Gasteiger charge is 2.19. The van der Waals surface area contributed by atoms with Crippen LogP contribution in [-0.4, -0.2) is 63.8 Å². The average molecular weight is 539 g/mol. The number of benzene rings is 2. The molecule has 5 rings (SSSR count). The van der Waals surface area contributed by atoms with Crippen molar-refractivity contribution in [3.63, 3.8) is 0 Å². The van der Waals surface area contributed by atoms with E-state index in [1.54, 1.807) is 18.3 Å². The molecule has 0 aliphatic carbocycles. The van der Waals surface area contributed by atoms with Gasteiger partial charge in [-0.1, -0.05) is 18.7 Å². The van der Waals surface area contributed by atoms with Crippen LogP contribution in [0.2, 0.25) is 0 Å². The molecule has 2 aromatic heterocycles. The first kappa shape index (κ1) is 27.0. The number of nitrogens with one attached hydrogen (secondary N) is 2. The van der Waals surface area contributed by atoms with Crippen molar-refractivity contribution in [1.82, 2.24) is 24.6 Å². The minimum atomic E-state index is -0.315. The highest BCUT2D eigenvalue weighted by atomic mass is 16.1. The fourth-order valence-electron chi connectivity index (χ4n) is 4.85. The Morgan fingerprint density at radius 1 is 1.07 bits per heavy atom. The van der Waals surface area contributed by atoms with Gasteiger partial charge in [0.25, 0.3) is 5.56 Å². The number of amides is 1. The summed E-state index contributed by atoms with van der Waals surface area (Å²) < 4.78 is 1.43. The Labute approximate surface area is 233 Å². The molecule has 10 nitrogen and oxygen atoms in total. The van der Waals surface area contributed by atoms with Gasteiger partial charge in [-0.2, -0.15) is 5.10 Å². The Hall–Kier alpha value is -4.57. The zero-order valence-electron chi connectivity index (χ0n) is 23.3. The number of aromatic nitrogens is 4. The molecular weight excluding hydrogens is 504 g/mol. The fourth-order valence-corrected chi connectivity index (χ4v) is 4.85. The molecule has 0 radical (unpaired) electrons. The normalized spacial score (nSPS) is 14.0. The summed E-state index contributed by atoms with van der Waals surface area (Å²) in [5.74, 6) is 0.0463. The number of carbonyl (C=O) groups is 1. The van der Waals surface area contributed by atoms with Gasteiger partial charge in [0.2, 0.25) is 11.9 Å². The van der Waals surface area contributed by atoms with E-state index >= 15 is 0 Å². The Bertz CT molecular complexity index is 1640. The zero-order valence-corrected chi connectivity index (χ0v) is 23.3. The van der Waals surface area contributed by atoms with Crippen molar-refractivity contribution in [3.8, 4) is 11.3 Å². The van der Waals surface area contributed by atoms with Gasteiger partial charge in [0, 0.05) is 55.0 Å². The van der Waals surface area contributed by atoms with E-state index in [2.05, 4.69) is 63.2 Å². The fraction of sp³-hybridized carbons (Fsp3) is 0.300.